The highest BCUT2D eigenvalue weighted by atomic mass is 32.2. The van der Waals surface area contributed by atoms with Gasteiger partial charge >= 0.3 is 0 Å². The van der Waals surface area contributed by atoms with E-state index in [1.807, 2.05) is 31.2 Å². The first-order valence-electron chi connectivity index (χ1n) is 11.5. The zero-order valence-electron chi connectivity index (χ0n) is 20.6. The number of hydrogen-bond donors (Lipinski definition) is 1. The number of hydrogen-bond acceptors (Lipinski definition) is 7. The Balaban J connectivity index is 1.75. The first-order chi connectivity index (χ1) is 17.8. The van der Waals surface area contributed by atoms with Crippen molar-refractivity contribution in [3.8, 4) is 17.6 Å². The Labute approximate surface area is 215 Å². The molecule has 3 aromatic carbocycles. The highest BCUT2D eigenvalue weighted by molar-refractivity contribution is 7.96. The number of para-hydroxylation sites is 1. The molecule has 0 bridgehead atoms. The van der Waals surface area contributed by atoms with E-state index in [9.17, 15) is 13.7 Å². The second kappa shape index (κ2) is 9.22. The van der Waals surface area contributed by atoms with E-state index in [1.54, 1.807) is 42.5 Å². The number of aryl methyl sites for hydroxylation is 1. The Morgan fingerprint density at radius 3 is 2.41 bits per heavy atom. The summed E-state index contributed by atoms with van der Waals surface area (Å²) in [6.45, 7) is 2.08. The molecule has 37 heavy (non-hydrogen) atoms. The molecule has 188 valence electrons. The molecule has 0 radical (unpaired) electrons. The summed E-state index contributed by atoms with van der Waals surface area (Å²) in [4.78, 5) is -0.0451. The quantitative estimate of drug-likeness (QED) is 0.531. The summed E-state index contributed by atoms with van der Waals surface area (Å²) < 4.78 is 46.8. The van der Waals surface area contributed by atoms with Crippen molar-refractivity contribution in [1.29, 1.82) is 5.26 Å². The summed E-state index contributed by atoms with van der Waals surface area (Å²) in [5, 5.41) is 10.0. The van der Waals surface area contributed by atoms with Crippen LogP contribution in [0.25, 0.3) is 5.76 Å². The minimum Gasteiger partial charge on any atom is -0.493 e. The molecule has 0 saturated heterocycles. The summed E-state index contributed by atoms with van der Waals surface area (Å²) in [7, 11) is -1.17. The van der Waals surface area contributed by atoms with Crippen LogP contribution in [-0.2, 0) is 21.3 Å². The van der Waals surface area contributed by atoms with E-state index >= 15 is 0 Å². The van der Waals surface area contributed by atoms with Crippen molar-refractivity contribution < 1.29 is 22.6 Å². The van der Waals surface area contributed by atoms with Gasteiger partial charge in [0.25, 0.3) is 10.0 Å². The number of fused-ring (bicyclic) bond motifs is 2. The number of anilines is 1. The highest BCUT2D eigenvalue weighted by Crippen LogP contribution is 2.52. The van der Waals surface area contributed by atoms with Crippen molar-refractivity contribution in [1.82, 2.24) is 0 Å². The Morgan fingerprint density at radius 2 is 1.73 bits per heavy atom. The monoisotopic (exact) mass is 515 g/mol. The van der Waals surface area contributed by atoms with E-state index < -0.39 is 15.9 Å². The molecule has 0 amide bonds. The van der Waals surface area contributed by atoms with E-state index in [4.69, 9.17) is 19.9 Å². The smallest absolute Gasteiger partial charge is 0.265 e. The summed E-state index contributed by atoms with van der Waals surface area (Å²) in [6, 6.07) is 21.9. The zero-order chi connectivity index (χ0) is 26.3. The fourth-order valence-corrected chi connectivity index (χ4v) is 6.62. The molecule has 0 aromatic heterocycles. The van der Waals surface area contributed by atoms with E-state index in [0.29, 0.717) is 28.3 Å². The van der Waals surface area contributed by atoms with Crippen LogP contribution >= 0.6 is 0 Å². The van der Waals surface area contributed by atoms with Gasteiger partial charge in [-0.25, -0.2) is 8.42 Å². The standard InChI is InChI=1S/C28H25N3O5S/c1-17-8-10-18(11-9-17)16-31-22-7-5-4-6-20(22)26-27(37(31,32)33)25(21(15-29)28(30)36-26)19-12-13-23(34-2)24(14-19)35-3/h4-14,25H,16,30H2,1-3H3/t25-/m1/s1. The molecule has 0 unspecified atom stereocenters. The largest absolute Gasteiger partial charge is 0.493 e. The third-order valence-corrected chi connectivity index (χ3v) is 8.43. The highest BCUT2D eigenvalue weighted by Gasteiger charge is 2.47. The predicted molar refractivity (Wildman–Crippen MR) is 140 cm³/mol. The van der Waals surface area contributed by atoms with E-state index in [-0.39, 0.29) is 28.7 Å². The molecule has 9 heteroatoms. The molecule has 1 atom stereocenters. The van der Waals surface area contributed by atoms with Gasteiger partial charge < -0.3 is 19.9 Å². The molecule has 2 aliphatic heterocycles. The average molecular weight is 516 g/mol. The van der Waals surface area contributed by atoms with Gasteiger partial charge in [0.2, 0.25) is 5.88 Å². The molecular weight excluding hydrogens is 490 g/mol. The lowest BCUT2D eigenvalue weighted by Crippen LogP contribution is -2.39. The van der Waals surface area contributed by atoms with Gasteiger partial charge in [-0.2, -0.15) is 5.26 Å². The maximum Gasteiger partial charge on any atom is 0.265 e. The molecule has 5 rings (SSSR count). The Hall–Kier alpha value is -4.42. The maximum atomic E-state index is 14.4. The number of benzene rings is 3. The Morgan fingerprint density at radius 1 is 1.03 bits per heavy atom. The third-order valence-electron chi connectivity index (χ3n) is 6.55. The number of sulfonamides is 1. The van der Waals surface area contributed by atoms with Crippen molar-refractivity contribution in [2.24, 2.45) is 5.73 Å². The number of nitrogens with two attached hydrogens (primary N) is 1. The summed E-state index contributed by atoms with van der Waals surface area (Å²) in [6.07, 6.45) is 0. The summed E-state index contributed by atoms with van der Waals surface area (Å²) >= 11 is 0. The van der Waals surface area contributed by atoms with Crippen LogP contribution in [0.3, 0.4) is 0 Å². The lowest BCUT2D eigenvalue weighted by molar-refractivity contribution is 0.352. The molecule has 2 N–H and O–H groups in total. The van der Waals surface area contributed by atoms with Crippen LogP contribution in [0.15, 0.2) is 83.1 Å². The van der Waals surface area contributed by atoms with E-state index in [1.165, 1.54) is 18.5 Å². The SMILES string of the molecule is COc1ccc([C@@H]2C(C#N)=C(N)OC3=C2S(=O)(=O)N(Cc2ccc(C)cc2)c2ccccc23)cc1OC. The van der Waals surface area contributed by atoms with Crippen LogP contribution in [0.5, 0.6) is 11.5 Å². The van der Waals surface area contributed by atoms with Crippen LogP contribution in [0.1, 0.15) is 28.2 Å². The lowest BCUT2D eigenvalue weighted by atomic mass is 9.88. The minimum atomic E-state index is -4.17. The Kier molecular flexibility index (Phi) is 6.05. The summed E-state index contributed by atoms with van der Waals surface area (Å²) in [5.74, 6) is -0.159. The van der Waals surface area contributed by atoms with Crippen LogP contribution < -0.4 is 19.5 Å². The number of methoxy groups -OCH3 is 2. The fraction of sp³-hybridized carbons (Fsp3) is 0.179. The maximum absolute atomic E-state index is 14.4. The second-order valence-corrected chi connectivity index (χ2v) is 10.6. The predicted octanol–water partition coefficient (Wildman–Crippen LogP) is 4.54. The van der Waals surface area contributed by atoms with Crippen molar-refractivity contribution in [2.45, 2.75) is 19.4 Å². The number of nitrogens with zero attached hydrogens (tertiary/aromatic N) is 2. The average Bonchev–Trinajstić information content (AvgIpc) is 2.91. The first-order valence-corrected chi connectivity index (χ1v) is 13.0. The van der Waals surface area contributed by atoms with Gasteiger partial charge in [0.1, 0.15) is 16.5 Å². The molecule has 0 spiro atoms. The number of allylic oxidation sites excluding steroid dienone is 2. The number of nitriles is 1. The van der Waals surface area contributed by atoms with Crippen molar-refractivity contribution >= 4 is 21.5 Å². The molecule has 0 fully saturated rings. The molecule has 0 saturated carbocycles. The first kappa shape index (κ1) is 24.3. The van der Waals surface area contributed by atoms with Gasteiger partial charge in [-0.15, -0.1) is 0 Å². The molecule has 0 aliphatic carbocycles. The van der Waals surface area contributed by atoms with Gasteiger partial charge in [-0.3, -0.25) is 4.31 Å². The van der Waals surface area contributed by atoms with Crippen LogP contribution in [0, 0.1) is 18.3 Å². The molecule has 8 nitrogen and oxygen atoms in total. The van der Waals surface area contributed by atoms with Gasteiger partial charge in [0.15, 0.2) is 17.3 Å². The van der Waals surface area contributed by atoms with Crippen LogP contribution in [-0.4, -0.2) is 22.6 Å². The molecule has 3 aromatic rings. The van der Waals surface area contributed by atoms with Gasteiger partial charge in [-0.1, -0.05) is 48.0 Å². The Bertz CT molecular complexity index is 1600. The lowest BCUT2D eigenvalue weighted by Gasteiger charge is -2.38. The van der Waals surface area contributed by atoms with Gasteiger partial charge in [-0.05, 0) is 42.3 Å². The number of ether oxygens (including phenoxy) is 3. The van der Waals surface area contributed by atoms with Crippen molar-refractivity contribution in [2.75, 3.05) is 18.5 Å². The van der Waals surface area contributed by atoms with Gasteiger partial charge in [0.05, 0.1) is 32.4 Å². The van der Waals surface area contributed by atoms with Crippen molar-refractivity contribution in [3.63, 3.8) is 0 Å². The fourth-order valence-electron chi connectivity index (χ4n) is 4.70. The zero-order valence-corrected chi connectivity index (χ0v) is 21.4. The van der Waals surface area contributed by atoms with Crippen LogP contribution in [0.2, 0.25) is 0 Å². The van der Waals surface area contributed by atoms with Crippen LogP contribution in [0.4, 0.5) is 5.69 Å². The molecular formula is C28H25N3O5S. The van der Waals surface area contributed by atoms with E-state index in [0.717, 1.165) is 11.1 Å². The van der Waals surface area contributed by atoms with Gasteiger partial charge in [0, 0.05) is 5.56 Å². The van der Waals surface area contributed by atoms with E-state index in [2.05, 4.69) is 6.07 Å². The number of rotatable bonds is 5. The normalized spacial score (nSPS) is 17.9. The third kappa shape index (κ3) is 3.96. The summed E-state index contributed by atoms with van der Waals surface area (Å²) in [5.41, 5.74) is 9.66. The topological polar surface area (TPSA) is 115 Å². The minimum absolute atomic E-state index is 0.00390. The molecule has 2 heterocycles. The molecule has 2 aliphatic rings. The second-order valence-electron chi connectivity index (χ2n) is 8.75. The van der Waals surface area contributed by atoms with Crippen molar-refractivity contribution in [3.05, 3.63) is 105 Å².